The SMILES string of the molecule is Cc1ccc(C)c(Nc2nccc(NCc3ccccc3C)n2)c1. The molecule has 0 fully saturated rings. The van der Waals surface area contributed by atoms with Gasteiger partial charge < -0.3 is 10.6 Å². The lowest BCUT2D eigenvalue weighted by molar-refractivity contribution is 1.07. The molecule has 1 heterocycles. The van der Waals surface area contributed by atoms with Crippen LogP contribution in [0.4, 0.5) is 17.5 Å². The molecule has 0 amide bonds. The van der Waals surface area contributed by atoms with E-state index in [9.17, 15) is 0 Å². The minimum absolute atomic E-state index is 0.596. The summed E-state index contributed by atoms with van der Waals surface area (Å²) in [5, 5.41) is 6.66. The highest BCUT2D eigenvalue weighted by molar-refractivity contribution is 5.60. The van der Waals surface area contributed by atoms with Crippen LogP contribution in [0.5, 0.6) is 0 Å². The molecule has 24 heavy (non-hydrogen) atoms. The van der Waals surface area contributed by atoms with Crippen molar-refractivity contribution in [2.75, 3.05) is 10.6 Å². The summed E-state index contributed by atoms with van der Waals surface area (Å²) in [6, 6.07) is 16.5. The molecule has 0 saturated carbocycles. The van der Waals surface area contributed by atoms with Gasteiger partial charge in [0.1, 0.15) is 5.82 Å². The van der Waals surface area contributed by atoms with Gasteiger partial charge in [-0.3, -0.25) is 0 Å². The standard InChI is InChI=1S/C20H22N4/c1-14-8-9-16(3)18(12-14)23-20-21-11-10-19(24-20)22-13-17-7-5-4-6-15(17)2/h4-12H,13H2,1-3H3,(H2,21,22,23,24). The van der Waals surface area contributed by atoms with E-state index in [1.807, 2.05) is 6.07 Å². The lowest BCUT2D eigenvalue weighted by atomic mass is 10.1. The molecule has 0 bridgehead atoms. The number of anilines is 3. The highest BCUT2D eigenvalue weighted by Crippen LogP contribution is 2.20. The number of rotatable bonds is 5. The Morgan fingerprint density at radius 3 is 2.58 bits per heavy atom. The zero-order valence-corrected chi connectivity index (χ0v) is 14.3. The van der Waals surface area contributed by atoms with E-state index in [1.165, 1.54) is 22.3 Å². The number of nitrogens with zero attached hydrogens (tertiary/aromatic N) is 2. The highest BCUT2D eigenvalue weighted by Gasteiger charge is 2.04. The smallest absolute Gasteiger partial charge is 0.229 e. The van der Waals surface area contributed by atoms with Crippen LogP contribution in [0.2, 0.25) is 0 Å². The largest absolute Gasteiger partial charge is 0.366 e. The summed E-state index contributed by atoms with van der Waals surface area (Å²) in [6.45, 7) is 7.00. The second kappa shape index (κ2) is 7.13. The highest BCUT2D eigenvalue weighted by atomic mass is 15.1. The predicted octanol–water partition coefficient (Wildman–Crippen LogP) is 4.76. The van der Waals surface area contributed by atoms with Gasteiger partial charge >= 0.3 is 0 Å². The molecular weight excluding hydrogens is 296 g/mol. The quantitative estimate of drug-likeness (QED) is 0.712. The van der Waals surface area contributed by atoms with Gasteiger partial charge in [-0.15, -0.1) is 0 Å². The fourth-order valence-corrected chi connectivity index (χ4v) is 2.50. The van der Waals surface area contributed by atoms with Crippen LogP contribution in [0, 0.1) is 20.8 Å². The lowest BCUT2D eigenvalue weighted by Crippen LogP contribution is -2.05. The minimum atomic E-state index is 0.596. The molecule has 0 aliphatic rings. The summed E-state index contributed by atoms with van der Waals surface area (Å²) in [4.78, 5) is 8.87. The number of hydrogen-bond acceptors (Lipinski definition) is 4. The summed E-state index contributed by atoms with van der Waals surface area (Å²) in [7, 11) is 0. The van der Waals surface area contributed by atoms with Crippen LogP contribution in [0.1, 0.15) is 22.3 Å². The molecule has 122 valence electrons. The molecule has 1 aromatic heterocycles. The van der Waals surface area contributed by atoms with Gasteiger partial charge in [0.25, 0.3) is 0 Å². The Kier molecular flexibility index (Phi) is 4.75. The number of aromatic nitrogens is 2. The molecule has 4 nitrogen and oxygen atoms in total. The first kappa shape index (κ1) is 16.0. The molecule has 0 aliphatic heterocycles. The molecule has 4 heteroatoms. The number of benzene rings is 2. The van der Waals surface area contributed by atoms with Gasteiger partial charge in [-0.1, -0.05) is 36.4 Å². The average molecular weight is 318 g/mol. The van der Waals surface area contributed by atoms with Crippen molar-refractivity contribution in [1.29, 1.82) is 0 Å². The minimum Gasteiger partial charge on any atom is -0.366 e. The van der Waals surface area contributed by atoms with Crippen molar-refractivity contribution in [2.45, 2.75) is 27.3 Å². The van der Waals surface area contributed by atoms with Gasteiger partial charge in [0.05, 0.1) is 0 Å². The molecule has 2 N–H and O–H groups in total. The third kappa shape index (κ3) is 3.90. The third-order valence-electron chi connectivity index (χ3n) is 4.02. The molecule has 0 atom stereocenters. The summed E-state index contributed by atoms with van der Waals surface area (Å²) >= 11 is 0. The molecule has 0 radical (unpaired) electrons. The lowest BCUT2D eigenvalue weighted by Gasteiger charge is -2.11. The first-order chi connectivity index (χ1) is 11.6. The Balaban J connectivity index is 1.72. The van der Waals surface area contributed by atoms with E-state index in [2.05, 4.69) is 83.8 Å². The Hall–Kier alpha value is -2.88. The van der Waals surface area contributed by atoms with Crippen molar-refractivity contribution in [3.8, 4) is 0 Å². The van der Waals surface area contributed by atoms with Crippen molar-refractivity contribution < 1.29 is 0 Å². The van der Waals surface area contributed by atoms with Crippen LogP contribution >= 0.6 is 0 Å². The first-order valence-corrected chi connectivity index (χ1v) is 8.07. The van der Waals surface area contributed by atoms with E-state index in [1.54, 1.807) is 6.20 Å². The number of nitrogens with one attached hydrogen (secondary N) is 2. The second-order valence-corrected chi connectivity index (χ2v) is 5.99. The Bertz CT molecular complexity index is 843. The topological polar surface area (TPSA) is 49.8 Å². The Morgan fingerprint density at radius 2 is 1.75 bits per heavy atom. The molecule has 0 unspecified atom stereocenters. The maximum absolute atomic E-state index is 4.55. The number of aryl methyl sites for hydroxylation is 3. The van der Waals surface area contributed by atoms with E-state index in [0.717, 1.165) is 18.1 Å². The van der Waals surface area contributed by atoms with Gasteiger partial charge in [-0.25, -0.2) is 4.98 Å². The molecule has 0 saturated heterocycles. The van der Waals surface area contributed by atoms with Crippen LogP contribution < -0.4 is 10.6 Å². The molecule has 0 aliphatic carbocycles. The second-order valence-electron chi connectivity index (χ2n) is 5.99. The molecule has 0 spiro atoms. The predicted molar refractivity (Wildman–Crippen MR) is 99.7 cm³/mol. The Labute approximate surface area is 143 Å². The summed E-state index contributed by atoms with van der Waals surface area (Å²) in [5.74, 6) is 1.40. The Morgan fingerprint density at radius 1 is 0.917 bits per heavy atom. The zero-order chi connectivity index (χ0) is 16.9. The van der Waals surface area contributed by atoms with E-state index < -0.39 is 0 Å². The van der Waals surface area contributed by atoms with Crippen LogP contribution in [0.3, 0.4) is 0 Å². The van der Waals surface area contributed by atoms with Gasteiger partial charge in [-0.2, -0.15) is 4.98 Å². The van der Waals surface area contributed by atoms with Crippen molar-refractivity contribution in [3.05, 3.63) is 77.0 Å². The van der Waals surface area contributed by atoms with Crippen molar-refractivity contribution in [1.82, 2.24) is 9.97 Å². The summed E-state index contributed by atoms with van der Waals surface area (Å²) in [6.07, 6.45) is 1.76. The molecule has 3 aromatic rings. The van der Waals surface area contributed by atoms with Crippen molar-refractivity contribution in [3.63, 3.8) is 0 Å². The van der Waals surface area contributed by atoms with Crippen LogP contribution in [-0.2, 0) is 6.54 Å². The fraction of sp³-hybridized carbons (Fsp3) is 0.200. The fourth-order valence-electron chi connectivity index (χ4n) is 2.50. The van der Waals surface area contributed by atoms with E-state index in [4.69, 9.17) is 0 Å². The van der Waals surface area contributed by atoms with Crippen LogP contribution in [0.15, 0.2) is 54.7 Å². The molecule has 2 aromatic carbocycles. The van der Waals surface area contributed by atoms with E-state index >= 15 is 0 Å². The van der Waals surface area contributed by atoms with Crippen LogP contribution in [0.25, 0.3) is 0 Å². The van der Waals surface area contributed by atoms with Gasteiger partial charge in [0, 0.05) is 18.4 Å². The summed E-state index contributed by atoms with van der Waals surface area (Å²) in [5.41, 5.74) is 5.94. The maximum atomic E-state index is 4.55. The monoisotopic (exact) mass is 318 g/mol. The van der Waals surface area contributed by atoms with Gasteiger partial charge in [-0.05, 0) is 55.2 Å². The number of hydrogen-bond donors (Lipinski definition) is 2. The maximum Gasteiger partial charge on any atom is 0.229 e. The zero-order valence-electron chi connectivity index (χ0n) is 14.3. The normalized spacial score (nSPS) is 10.5. The molecular formula is C20H22N4. The third-order valence-corrected chi connectivity index (χ3v) is 4.02. The van der Waals surface area contributed by atoms with Crippen molar-refractivity contribution >= 4 is 17.5 Å². The van der Waals surface area contributed by atoms with Crippen LogP contribution in [-0.4, -0.2) is 9.97 Å². The average Bonchev–Trinajstić information content (AvgIpc) is 2.58. The van der Waals surface area contributed by atoms with Gasteiger partial charge in [0.15, 0.2) is 0 Å². The van der Waals surface area contributed by atoms with E-state index in [0.29, 0.717) is 5.95 Å². The van der Waals surface area contributed by atoms with Crippen molar-refractivity contribution in [2.24, 2.45) is 0 Å². The van der Waals surface area contributed by atoms with E-state index in [-0.39, 0.29) is 0 Å². The molecule has 3 rings (SSSR count). The summed E-state index contributed by atoms with van der Waals surface area (Å²) < 4.78 is 0. The first-order valence-electron chi connectivity index (χ1n) is 8.07. The van der Waals surface area contributed by atoms with Gasteiger partial charge in [0.2, 0.25) is 5.95 Å².